The van der Waals surface area contributed by atoms with E-state index in [-0.39, 0.29) is 41.7 Å². The number of ether oxygens (including phenoxy) is 1. The molecule has 0 spiro atoms. The number of piperidine rings is 1. The second kappa shape index (κ2) is 10.8. The third-order valence-electron chi connectivity index (χ3n) is 4.26. The first-order valence-corrected chi connectivity index (χ1v) is 8.41. The van der Waals surface area contributed by atoms with Gasteiger partial charge >= 0.3 is 5.97 Å². The molecule has 0 bridgehead atoms. The second-order valence-corrected chi connectivity index (χ2v) is 6.12. The van der Waals surface area contributed by atoms with Gasteiger partial charge in [-0.3, -0.25) is 9.79 Å². The highest BCUT2D eigenvalue weighted by atomic mass is 127. The zero-order chi connectivity index (χ0) is 17.5. The molecule has 0 aliphatic carbocycles. The molecule has 5 nitrogen and oxygen atoms in total. The first-order chi connectivity index (χ1) is 11.6. The molecule has 0 saturated carbocycles. The molecule has 0 radical (unpaired) electrons. The summed E-state index contributed by atoms with van der Waals surface area (Å²) in [5.74, 6) is 0.275. The Bertz CT molecular complexity index is 587. The molecule has 0 aromatic heterocycles. The van der Waals surface area contributed by atoms with Gasteiger partial charge < -0.3 is 15.0 Å². The Morgan fingerprint density at radius 2 is 2.12 bits per heavy atom. The molecule has 0 unspecified atom stereocenters. The molecule has 1 aliphatic rings. The Morgan fingerprint density at radius 3 is 2.68 bits per heavy atom. The number of nitrogens with zero attached hydrogens (tertiary/aromatic N) is 2. The molecule has 25 heavy (non-hydrogen) atoms. The van der Waals surface area contributed by atoms with Crippen molar-refractivity contribution in [2.75, 3.05) is 33.8 Å². The summed E-state index contributed by atoms with van der Waals surface area (Å²) in [6, 6.07) is 4.69. The molecule has 1 heterocycles. The third-order valence-corrected chi connectivity index (χ3v) is 4.61. The number of hydrogen-bond donors (Lipinski definition) is 1. The Balaban J connectivity index is 0.00000312. The maximum absolute atomic E-state index is 13.8. The Hall–Kier alpha value is -1.09. The van der Waals surface area contributed by atoms with Gasteiger partial charge in [-0.15, -0.1) is 24.0 Å². The molecule has 0 atom stereocenters. The molecular formula is C17H24ClFIN3O2. The first-order valence-electron chi connectivity index (χ1n) is 8.03. The average molecular weight is 484 g/mol. The molecule has 140 valence electrons. The highest BCUT2D eigenvalue weighted by Crippen LogP contribution is 2.20. The van der Waals surface area contributed by atoms with Crippen molar-refractivity contribution in [3.05, 3.63) is 34.6 Å². The highest BCUT2D eigenvalue weighted by Gasteiger charge is 2.26. The van der Waals surface area contributed by atoms with Crippen LogP contribution in [0.25, 0.3) is 0 Å². The number of esters is 1. The summed E-state index contributed by atoms with van der Waals surface area (Å²) in [6.45, 7) is 2.00. The van der Waals surface area contributed by atoms with Gasteiger partial charge in [0.25, 0.3) is 0 Å². The van der Waals surface area contributed by atoms with Crippen molar-refractivity contribution in [3.63, 3.8) is 0 Å². The number of rotatable bonds is 4. The maximum Gasteiger partial charge on any atom is 0.308 e. The lowest BCUT2D eigenvalue weighted by Crippen LogP contribution is -2.47. The quantitative estimate of drug-likeness (QED) is 0.309. The van der Waals surface area contributed by atoms with Crippen molar-refractivity contribution in [2.24, 2.45) is 10.9 Å². The van der Waals surface area contributed by atoms with Crippen LogP contribution in [0.15, 0.2) is 23.2 Å². The maximum atomic E-state index is 13.8. The molecule has 2 rings (SSSR count). The summed E-state index contributed by atoms with van der Waals surface area (Å²) in [6.07, 6.45) is 1.96. The van der Waals surface area contributed by atoms with Crippen LogP contribution in [0.4, 0.5) is 4.39 Å². The van der Waals surface area contributed by atoms with Crippen LogP contribution in [-0.2, 0) is 16.0 Å². The van der Waals surface area contributed by atoms with Crippen LogP contribution in [0.3, 0.4) is 0 Å². The number of nitrogens with one attached hydrogen (secondary N) is 1. The van der Waals surface area contributed by atoms with E-state index in [1.54, 1.807) is 19.2 Å². The van der Waals surface area contributed by atoms with Gasteiger partial charge in [0.1, 0.15) is 5.82 Å². The topological polar surface area (TPSA) is 53.9 Å². The van der Waals surface area contributed by atoms with Gasteiger partial charge in [-0.1, -0.05) is 17.7 Å². The number of likely N-dealkylation sites (tertiary alicyclic amines) is 1. The molecule has 1 aromatic carbocycles. The lowest BCUT2D eigenvalue weighted by Gasteiger charge is -2.33. The minimum Gasteiger partial charge on any atom is -0.469 e. The summed E-state index contributed by atoms with van der Waals surface area (Å²) >= 11 is 6.03. The van der Waals surface area contributed by atoms with E-state index < -0.39 is 0 Å². The van der Waals surface area contributed by atoms with Crippen molar-refractivity contribution in [3.8, 4) is 0 Å². The molecular weight excluding hydrogens is 460 g/mol. The number of halogens is 3. The van der Waals surface area contributed by atoms with Gasteiger partial charge in [-0.2, -0.15) is 0 Å². The fourth-order valence-corrected chi connectivity index (χ4v) is 3.15. The van der Waals surface area contributed by atoms with Crippen molar-refractivity contribution in [1.29, 1.82) is 0 Å². The van der Waals surface area contributed by atoms with Crippen LogP contribution in [0.1, 0.15) is 18.4 Å². The number of hydrogen-bond acceptors (Lipinski definition) is 3. The van der Waals surface area contributed by atoms with E-state index in [2.05, 4.69) is 15.2 Å². The average Bonchev–Trinajstić information content (AvgIpc) is 2.60. The summed E-state index contributed by atoms with van der Waals surface area (Å²) in [5, 5.41) is 3.67. The predicted molar refractivity (Wildman–Crippen MR) is 108 cm³/mol. The minimum absolute atomic E-state index is 0. The SMILES string of the molecule is CN=C(NCCc1c(F)cccc1Cl)N1CCC(C(=O)OC)CC1.I. The van der Waals surface area contributed by atoms with E-state index in [4.69, 9.17) is 16.3 Å². The van der Waals surface area contributed by atoms with Crippen LogP contribution in [0, 0.1) is 11.7 Å². The van der Waals surface area contributed by atoms with Gasteiger partial charge in [-0.25, -0.2) is 4.39 Å². The van der Waals surface area contributed by atoms with E-state index in [1.165, 1.54) is 13.2 Å². The number of carbonyl (C=O) groups excluding carboxylic acids is 1. The van der Waals surface area contributed by atoms with Gasteiger partial charge in [0, 0.05) is 37.3 Å². The van der Waals surface area contributed by atoms with Gasteiger partial charge in [0.05, 0.1) is 13.0 Å². The standard InChI is InChI=1S/C17H23ClFN3O2.HI/c1-20-17(22-10-7-12(8-11-22)16(23)24-2)21-9-6-13-14(18)4-3-5-15(13)19;/h3-5,12H,6-11H2,1-2H3,(H,20,21);1H. The second-order valence-electron chi connectivity index (χ2n) is 5.71. The lowest BCUT2D eigenvalue weighted by atomic mass is 9.97. The Kier molecular flexibility index (Phi) is 9.48. The number of methoxy groups -OCH3 is 1. The predicted octanol–water partition coefficient (Wildman–Crippen LogP) is 3.10. The van der Waals surface area contributed by atoms with E-state index in [9.17, 15) is 9.18 Å². The monoisotopic (exact) mass is 483 g/mol. The normalized spacial score (nSPS) is 15.5. The summed E-state index contributed by atoms with van der Waals surface area (Å²) < 4.78 is 18.6. The van der Waals surface area contributed by atoms with E-state index in [0.29, 0.717) is 23.6 Å². The number of carbonyl (C=O) groups is 1. The third kappa shape index (κ3) is 5.99. The van der Waals surface area contributed by atoms with Crippen molar-refractivity contribution in [1.82, 2.24) is 10.2 Å². The Morgan fingerprint density at radius 1 is 1.44 bits per heavy atom. The van der Waals surface area contributed by atoms with E-state index in [0.717, 1.165) is 31.9 Å². The fraction of sp³-hybridized carbons (Fsp3) is 0.529. The molecule has 1 aromatic rings. The van der Waals surface area contributed by atoms with Crippen LogP contribution >= 0.6 is 35.6 Å². The molecule has 1 fully saturated rings. The van der Waals surface area contributed by atoms with Crippen LogP contribution < -0.4 is 5.32 Å². The summed E-state index contributed by atoms with van der Waals surface area (Å²) in [7, 11) is 3.13. The smallest absolute Gasteiger partial charge is 0.308 e. The fourth-order valence-electron chi connectivity index (χ4n) is 2.90. The van der Waals surface area contributed by atoms with E-state index >= 15 is 0 Å². The van der Waals surface area contributed by atoms with Gasteiger partial charge in [0.2, 0.25) is 0 Å². The van der Waals surface area contributed by atoms with Crippen LogP contribution in [-0.4, -0.2) is 50.6 Å². The molecule has 1 N–H and O–H groups in total. The molecule has 1 aliphatic heterocycles. The number of aliphatic imine (C=N–C) groups is 1. The molecule has 1 saturated heterocycles. The van der Waals surface area contributed by atoms with Gasteiger partial charge in [0.15, 0.2) is 5.96 Å². The molecule has 8 heteroatoms. The lowest BCUT2D eigenvalue weighted by molar-refractivity contribution is -0.146. The van der Waals surface area contributed by atoms with Crippen LogP contribution in [0.5, 0.6) is 0 Å². The summed E-state index contributed by atoms with van der Waals surface area (Å²) in [5.41, 5.74) is 0.506. The zero-order valence-corrected chi connectivity index (χ0v) is 17.5. The zero-order valence-electron chi connectivity index (χ0n) is 14.4. The van der Waals surface area contributed by atoms with Crippen molar-refractivity contribution < 1.29 is 13.9 Å². The number of benzene rings is 1. The number of guanidine groups is 1. The van der Waals surface area contributed by atoms with Crippen LogP contribution in [0.2, 0.25) is 5.02 Å². The minimum atomic E-state index is -0.293. The Labute approximate surface area is 170 Å². The van der Waals surface area contributed by atoms with Gasteiger partial charge in [-0.05, 0) is 31.4 Å². The summed E-state index contributed by atoms with van der Waals surface area (Å²) in [4.78, 5) is 17.9. The largest absolute Gasteiger partial charge is 0.469 e. The molecule has 0 amide bonds. The first kappa shape index (κ1) is 22.0. The van der Waals surface area contributed by atoms with E-state index in [1.807, 2.05) is 0 Å². The van der Waals surface area contributed by atoms with Crippen molar-refractivity contribution >= 4 is 47.5 Å². The highest BCUT2D eigenvalue weighted by molar-refractivity contribution is 14.0. The van der Waals surface area contributed by atoms with Crippen molar-refractivity contribution in [2.45, 2.75) is 19.3 Å².